The summed E-state index contributed by atoms with van der Waals surface area (Å²) in [4.78, 5) is 0. The van der Waals surface area contributed by atoms with Gasteiger partial charge >= 0.3 is 6.18 Å². The second-order valence-electron chi connectivity index (χ2n) is 3.77. The first-order valence-electron chi connectivity index (χ1n) is 5.05. The number of furan rings is 1. The van der Waals surface area contributed by atoms with Gasteiger partial charge in [-0.15, -0.1) is 0 Å². The van der Waals surface area contributed by atoms with E-state index in [9.17, 15) is 13.2 Å². The molecule has 1 heterocycles. The number of fused-ring (bicyclic) bond motifs is 3. The highest BCUT2D eigenvalue weighted by Crippen LogP contribution is 2.39. The van der Waals surface area contributed by atoms with E-state index in [-0.39, 0.29) is 11.0 Å². The molecule has 0 radical (unpaired) electrons. The number of hydrogen-bond acceptors (Lipinski definition) is 1. The lowest BCUT2D eigenvalue weighted by atomic mass is 10.1. The van der Waals surface area contributed by atoms with Crippen molar-refractivity contribution in [3.05, 3.63) is 48.0 Å². The molecular formula is C13H7F3O. The number of halogens is 3. The van der Waals surface area contributed by atoms with Crippen molar-refractivity contribution < 1.29 is 17.6 Å². The molecule has 1 aromatic heterocycles. The molecular weight excluding hydrogens is 229 g/mol. The topological polar surface area (TPSA) is 13.1 Å². The second-order valence-corrected chi connectivity index (χ2v) is 3.77. The molecule has 17 heavy (non-hydrogen) atoms. The number of alkyl halides is 3. The Balaban J connectivity index is 2.52. The quantitative estimate of drug-likeness (QED) is 0.555. The molecule has 0 amide bonds. The van der Waals surface area contributed by atoms with Gasteiger partial charge in [-0.25, -0.2) is 0 Å². The average Bonchev–Trinajstić information content (AvgIpc) is 2.65. The number of para-hydroxylation sites is 1. The standard InChI is InChI=1S/C13H7F3O/c14-13(15,16)9-5-3-7-11-12(9)8-4-1-2-6-10(8)17-11/h1-7H. The molecule has 4 heteroatoms. The van der Waals surface area contributed by atoms with Gasteiger partial charge in [0, 0.05) is 10.8 Å². The first-order valence-corrected chi connectivity index (χ1v) is 5.05. The smallest absolute Gasteiger partial charge is 0.417 e. The van der Waals surface area contributed by atoms with Crippen molar-refractivity contribution in [3.8, 4) is 0 Å². The van der Waals surface area contributed by atoms with Crippen molar-refractivity contribution >= 4 is 21.9 Å². The van der Waals surface area contributed by atoms with E-state index in [4.69, 9.17) is 4.42 Å². The normalized spacial score (nSPS) is 12.4. The third kappa shape index (κ3) is 1.48. The van der Waals surface area contributed by atoms with Gasteiger partial charge in [-0.2, -0.15) is 13.2 Å². The highest BCUT2D eigenvalue weighted by Gasteiger charge is 2.33. The summed E-state index contributed by atoms with van der Waals surface area (Å²) in [5.74, 6) is 0. The van der Waals surface area contributed by atoms with Crippen LogP contribution < -0.4 is 0 Å². The molecule has 0 bridgehead atoms. The maximum atomic E-state index is 12.9. The van der Waals surface area contributed by atoms with Crippen LogP contribution in [-0.4, -0.2) is 0 Å². The lowest BCUT2D eigenvalue weighted by molar-refractivity contribution is -0.136. The first-order chi connectivity index (χ1) is 8.07. The Hall–Kier alpha value is -1.97. The van der Waals surface area contributed by atoms with Gasteiger partial charge in [0.25, 0.3) is 0 Å². The molecule has 0 aliphatic carbocycles. The summed E-state index contributed by atoms with van der Waals surface area (Å²) < 4.78 is 44.0. The highest BCUT2D eigenvalue weighted by molar-refractivity contribution is 6.06. The van der Waals surface area contributed by atoms with E-state index in [1.165, 1.54) is 6.07 Å². The fourth-order valence-corrected chi connectivity index (χ4v) is 2.01. The van der Waals surface area contributed by atoms with Crippen molar-refractivity contribution in [2.45, 2.75) is 6.18 Å². The summed E-state index contributed by atoms with van der Waals surface area (Å²) >= 11 is 0. The van der Waals surface area contributed by atoms with Crippen LogP contribution in [0.15, 0.2) is 46.9 Å². The summed E-state index contributed by atoms with van der Waals surface area (Å²) in [7, 11) is 0. The summed E-state index contributed by atoms with van der Waals surface area (Å²) in [6.07, 6.45) is -4.37. The average molecular weight is 236 g/mol. The van der Waals surface area contributed by atoms with Crippen molar-refractivity contribution in [1.82, 2.24) is 0 Å². The molecule has 0 aliphatic rings. The highest BCUT2D eigenvalue weighted by atomic mass is 19.4. The Labute approximate surface area is 94.5 Å². The Morgan fingerprint density at radius 1 is 0.824 bits per heavy atom. The molecule has 0 saturated carbocycles. The second kappa shape index (κ2) is 3.26. The van der Waals surface area contributed by atoms with E-state index in [2.05, 4.69) is 0 Å². The Bertz CT molecular complexity index is 695. The van der Waals surface area contributed by atoms with Gasteiger partial charge in [-0.3, -0.25) is 0 Å². The lowest BCUT2D eigenvalue weighted by Gasteiger charge is -2.07. The molecule has 0 spiro atoms. The van der Waals surface area contributed by atoms with Crippen molar-refractivity contribution in [1.29, 1.82) is 0 Å². The number of rotatable bonds is 0. The van der Waals surface area contributed by atoms with Crippen LogP contribution in [0.4, 0.5) is 13.2 Å². The number of benzene rings is 2. The first kappa shape index (κ1) is 10.2. The molecule has 3 rings (SSSR count). The summed E-state index contributed by atoms with van der Waals surface area (Å²) in [6.45, 7) is 0. The van der Waals surface area contributed by atoms with E-state index >= 15 is 0 Å². The van der Waals surface area contributed by atoms with Gasteiger partial charge < -0.3 is 4.42 Å². The van der Waals surface area contributed by atoms with Crippen LogP contribution >= 0.6 is 0 Å². The molecule has 0 N–H and O–H groups in total. The number of hydrogen-bond donors (Lipinski definition) is 0. The zero-order valence-corrected chi connectivity index (χ0v) is 8.58. The molecule has 0 unspecified atom stereocenters. The predicted octanol–water partition coefficient (Wildman–Crippen LogP) is 4.60. The Morgan fingerprint density at radius 3 is 2.29 bits per heavy atom. The minimum absolute atomic E-state index is 0.135. The van der Waals surface area contributed by atoms with Crippen LogP contribution in [0.5, 0.6) is 0 Å². The van der Waals surface area contributed by atoms with Gasteiger partial charge in [0.05, 0.1) is 5.56 Å². The van der Waals surface area contributed by atoms with E-state index in [0.717, 1.165) is 6.07 Å². The molecule has 2 aromatic carbocycles. The van der Waals surface area contributed by atoms with Gasteiger partial charge in [-0.1, -0.05) is 24.3 Å². The van der Waals surface area contributed by atoms with E-state index < -0.39 is 11.7 Å². The largest absolute Gasteiger partial charge is 0.456 e. The SMILES string of the molecule is FC(F)(F)c1cccc2oc3ccccc3c12. The maximum absolute atomic E-state index is 12.9. The van der Waals surface area contributed by atoms with Crippen LogP contribution in [0, 0.1) is 0 Å². The van der Waals surface area contributed by atoms with Gasteiger partial charge in [0.15, 0.2) is 0 Å². The summed E-state index contributed by atoms with van der Waals surface area (Å²) in [5, 5.41) is 0.631. The fourth-order valence-electron chi connectivity index (χ4n) is 2.01. The third-order valence-electron chi connectivity index (χ3n) is 2.71. The molecule has 0 aliphatic heterocycles. The minimum atomic E-state index is -4.37. The summed E-state index contributed by atoms with van der Waals surface area (Å²) in [5.41, 5.74) is 0.0835. The Morgan fingerprint density at radius 2 is 1.53 bits per heavy atom. The molecule has 1 nitrogen and oxygen atoms in total. The predicted molar refractivity (Wildman–Crippen MR) is 58.7 cm³/mol. The van der Waals surface area contributed by atoms with Gasteiger partial charge in [0.1, 0.15) is 11.2 Å². The minimum Gasteiger partial charge on any atom is -0.456 e. The fraction of sp³-hybridized carbons (Fsp3) is 0.0769. The van der Waals surface area contributed by atoms with Crippen molar-refractivity contribution in [2.24, 2.45) is 0 Å². The van der Waals surface area contributed by atoms with E-state index in [1.807, 2.05) is 0 Å². The molecule has 86 valence electrons. The summed E-state index contributed by atoms with van der Waals surface area (Å²) in [6, 6.07) is 10.7. The van der Waals surface area contributed by atoms with Crippen molar-refractivity contribution in [3.63, 3.8) is 0 Å². The maximum Gasteiger partial charge on any atom is 0.417 e. The van der Waals surface area contributed by atoms with Crippen LogP contribution in [0.3, 0.4) is 0 Å². The van der Waals surface area contributed by atoms with Crippen LogP contribution in [0.2, 0.25) is 0 Å². The molecule has 0 saturated heterocycles. The molecule has 3 aromatic rings. The van der Waals surface area contributed by atoms with Crippen LogP contribution in [0.1, 0.15) is 5.56 Å². The van der Waals surface area contributed by atoms with Crippen LogP contribution in [-0.2, 0) is 6.18 Å². The van der Waals surface area contributed by atoms with E-state index in [0.29, 0.717) is 11.0 Å². The molecule has 0 fully saturated rings. The van der Waals surface area contributed by atoms with Gasteiger partial charge in [-0.05, 0) is 18.2 Å². The van der Waals surface area contributed by atoms with E-state index in [1.54, 1.807) is 30.3 Å². The zero-order valence-electron chi connectivity index (χ0n) is 8.58. The third-order valence-corrected chi connectivity index (χ3v) is 2.71. The monoisotopic (exact) mass is 236 g/mol. The zero-order chi connectivity index (χ0) is 12.0. The molecule has 0 atom stereocenters. The van der Waals surface area contributed by atoms with Crippen LogP contribution in [0.25, 0.3) is 21.9 Å². The van der Waals surface area contributed by atoms with Crippen molar-refractivity contribution in [2.75, 3.05) is 0 Å². The lowest BCUT2D eigenvalue weighted by Crippen LogP contribution is -2.04. The van der Waals surface area contributed by atoms with Gasteiger partial charge in [0.2, 0.25) is 0 Å². The Kier molecular flexibility index (Phi) is 1.96.